The number of nitrogens with zero attached hydrogens (tertiary/aromatic N) is 2. The molecule has 154 valence electrons. The number of methoxy groups -OCH3 is 1. The van der Waals surface area contributed by atoms with Crippen molar-refractivity contribution in [2.75, 3.05) is 13.7 Å². The third-order valence-electron chi connectivity index (χ3n) is 4.77. The summed E-state index contributed by atoms with van der Waals surface area (Å²) in [6.07, 6.45) is 1.86. The van der Waals surface area contributed by atoms with Gasteiger partial charge in [-0.25, -0.2) is 9.79 Å². The van der Waals surface area contributed by atoms with Crippen molar-refractivity contribution in [1.29, 1.82) is 0 Å². The Bertz CT molecular complexity index is 1280. The second kappa shape index (κ2) is 8.41. The van der Waals surface area contributed by atoms with Gasteiger partial charge in [0.25, 0.3) is 5.56 Å². The SMILES string of the molecule is CCOC(=O)C1=C(C)N=c2s/c(=C/c3cccs3)c(=O)n2[C@H]1c1ccc(OC)cc1. The average molecular weight is 441 g/mol. The Labute approximate surface area is 181 Å². The van der Waals surface area contributed by atoms with E-state index < -0.39 is 12.0 Å². The molecular weight excluding hydrogens is 420 g/mol. The van der Waals surface area contributed by atoms with Crippen LogP contribution in [0.5, 0.6) is 5.75 Å². The van der Waals surface area contributed by atoms with Crippen LogP contribution >= 0.6 is 22.7 Å². The minimum Gasteiger partial charge on any atom is -0.497 e. The molecule has 30 heavy (non-hydrogen) atoms. The van der Waals surface area contributed by atoms with Crippen LogP contribution in [-0.2, 0) is 9.53 Å². The van der Waals surface area contributed by atoms with E-state index in [2.05, 4.69) is 4.99 Å². The summed E-state index contributed by atoms with van der Waals surface area (Å²) in [5.41, 5.74) is 1.54. The molecule has 3 heterocycles. The lowest BCUT2D eigenvalue weighted by molar-refractivity contribution is -0.139. The van der Waals surface area contributed by atoms with E-state index in [1.807, 2.05) is 47.9 Å². The summed E-state index contributed by atoms with van der Waals surface area (Å²) in [7, 11) is 1.59. The number of rotatable bonds is 5. The normalized spacial score (nSPS) is 16.2. The number of allylic oxidation sites excluding steroid dienone is 1. The number of benzene rings is 1. The highest BCUT2D eigenvalue weighted by atomic mass is 32.1. The first-order chi connectivity index (χ1) is 14.5. The predicted molar refractivity (Wildman–Crippen MR) is 118 cm³/mol. The number of thiazole rings is 1. The Morgan fingerprint density at radius 1 is 1.27 bits per heavy atom. The molecule has 3 aromatic rings. The van der Waals surface area contributed by atoms with Crippen LogP contribution in [0.4, 0.5) is 0 Å². The first-order valence-electron chi connectivity index (χ1n) is 9.40. The third kappa shape index (κ3) is 3.64. The number of fused-ring (bicyclic) bond motifs is 1. The van der Waals surface area contributed by atoms with Crippen LogP contribution in [0.3, 0.4) is 0 Å². The highest BCUT2D eigenvalue weighted by molar-refractivity contribution is 7.11. The van der Waals surface area contributed by atoms with Crippen molar-refractivity contribution in [1.82, 2.24) is 4.57 Å². The number of carbonyl (C=O) groups excluding carboxylic acids is 1. The van der Waals surface area contributed by atoms with Gasteiger partial charge in [-0.05, 0) is 49.1 Å². The number of ether oxygens (including phenoxy) is 2. The summed E-state index contributed by atoms with van der Waals surface area (Å²) in [6.45, 7) is 3.78. The zero-order valence-electron chi connectivity index (χ0n) is 16.7. The molecule has 1 aromatic carbocycles. The summed E-state index contributed by atoms with van der Waals surface area (Å²) >= 11 is 2.88. The zero-order valence-corrected chi connectivity index (χ0v) is 18.4. The average Bonchev–Trinajstić information content (AvgIpc) is 3.36. The van der Waals surface area contributed by atoms with E-state index in [1.165, 1.54) is 11.3 Å². The lowest BCUT2D eigenvalue weighted by Gasteiger charge is -2.24. The number of aromatic nitrogens is 1. The smallest absolute Gasteiger partial charge is 0.338 e. The van der Waals surface area contributed by atoms with Crippen molar-refractivity contribution in [2.45, 2.75) is 19.9 Å². The molecule has 1 atom stereocenters. The van der Waals surface area contributed by atoms with E-state index in [1.54, 1.807) is 36.9 Å². The molecule has 2 aromatic heterocycles. The molecule has 0 fully saturated rings. The minimum absolute atomic E-state index is 0.178. The second-order valence-electron chi connectivity index (χ2n) is 6.59. The van der Waals surface area contributed by atoms with Crippen molar-refractivity contribution in [3.63, 3.8) is 0 Å². The Kier molecular flexibility index (Phi) is 5.69. The van der Waals surface area contributed by atoms with Crippen LogP contribution in [0, 0.1) is 0 Å². The standard InChI is InChI=1S/C22H20N2O4S2/c1-4-28-21(26)18-13(2)23-22-24(19(18)14-7-9-15(27-3)10-8-14)20(25)17(30-22)12-16-6-5-11-29-16/h5-12,19H,4H2,1-3H3/b17-12+/t19-/m0/s1. The molecule has 4 rings (SSSR count). The fraction of sp³-hybridized carbons (Fsp3) is 0.227. The van der Waals surface area contributed by atoms with E-state index in [-0.39, 0.29) is 12.2 Å². The Morgan fingerprint density at radius 3 is 2.67 bits per heavy atom. The molecule has 0 N–H and O–H groups in total. The third-order valence-corrected chi connectivity index (χ3v) is 6.57. The minimum atomic E-state index is -0.614. The first-order valence-corrected chi connectivity index (χ1v) is 11.1. The predicted octanol–water partition coefficient (Wildman–Crippen LogP) is 2.87. The topological polar surface area (TPSA) is 69.9 Å². The van der Waals surface area contributed by atoms with Crippen LogP contribution in [-0.4, -0.2) is 24.3 Å². The van der Waals surface area contributed by atoms with Gasteiger partial charge >= 0.3 is 5.97 Å². The first kappa shape index (κ1) is 20.3. The molecule has 0 aliphatic carbocycles. The molecule has 0 spiro atoms. The van der Waals surface area contributed by atoms with Gasteiger partial charge in [0.05, 0.1) is 35.6 Å². The Hall–Kier alpha value is -2.97. The van der Waals surface area contributed by atoms with Crippen LogP contribution in [0.25, 0.3) is 6.08 Å². The summed E-state index contributed by atoms with van der Waals surface area (Å²) in [5.74, 6) is 0.231. The summed E-state index contributed by atoms with van der Waals surface area (Å²) in [4.78, 5) is 32.3. The number of esters is 1. The maximum atomic E-state index is 13.4. The zero-order chi connectivity index (χ0) is 21.3. The number of hydrogen-bond donors (Lipinski definition) is 0. The van der Waals surface area contributed by atoms with E-state index >= 15 is 0 Å². The van der Waals surface area contributed by atoms with Gasteiger partial charge in [-0.1, -0.05) is 29.5 Å². The number of hydrogen-bond acceptors (Lipinski definition) is 7. The van der Waals surface area contributed by atoms with Gasteiger partial charge in [-0.2, -0.15) is 0 Å². The molecule has 0 amide bonds. The van der Waals surface area contributed by atoms with Crippen LogP contribution < -0.4 is 19.6 Å². The van der Waals surface area contributed by atoms with Crippen molar-refractivity contribution >= 4 is 34.7 Å². The molecule has 0 saturated heterocycles. The van der Waals surface area contributed by atoms with Crippen LogP contribution in [0.15, 0.2) is 62.8 Å². The molecule has 0 unspecified atom stereocenters. The lowest BCUT2D eigenvalue weighted by Crippen LogP contribution is -2.39. The fourth-order valence-corrected chi connectivity index (χ4v) is 5.17. The van der Waals surface area contributed by atoms with Crippen molar-refractivity contribution in [3.8, 4) is 5.75 Å². The van der Waals surface area contributed by atoms with E-state index in [4.69, 9.17) is 9.47 Å². The monoisotopic (exact) mass is 440 g/mol. The van der Waals surface area contributed by atoms with Crippen molar-refractivity contribution in [2.24, 2.45) is 4.99 Å². The van der Waals surface area contributed by atoms with Gasteiger partial charge in [-0.3, -0.25) is 9.36 Å². The molecule has 1 aliphatic heterocycles. The number of carbonyl (C=O) groups is 1. The van der Waals surface area contributed by atoms with Crippen molar-refractivity contribution < 1.29 is 14.3 Å². The van der Waals surface area contributed by atoms with E-state index in [9.17, 15) is 9.59 Å². The number of thiophene rings is 1. The molecule has 0 saturated carbocycles. The molecular formula is C22H20N2O4S2. The maximum absolute atomic E-state index is 13.4. The quantitative estimate of drug-likeness (QED) is 0.572. The second-order valence-corrected chi connectivity index (χ2v) is 8.58. The summed E-state index contributed by atoms with van der Waals surface area (Å²) in [6, 6.07) is 10.6. The highest BCUT2D eigenvalue weighted by Crippen LogP contribution is 2.31. The van der Waals surface area contributed by atoms with E-state index in [0.29, 0.717) is 26.4 Å². The van der Waals surface area contributed by atoms with Crippen molar-refractivity contribution in [3.05, 3.63) is 83.2 Å². The maximum Gasteiger partial charge on any atom is 0.338 e. The Morgan fingerprint density at radius 2 is 2.03 bits per heavy atom. The molecule has 8 heteroatoms. The molecule has 0 radical (unpaired) electrons. The van der Waals surface area contributed by atoms with Gasteiger partial charge < -0.3 is 9.47 Å². The van der Waals surface area contributed by atoms with Gasteiger partial charge in [0.2, 0.25) is 0 Å². The van der Waals surface area contributed by atoms with Gasteiger partial charge in [0.1, 0.15) is 5.75 Å². The molecule has 0 bridgehead atoms. The van der Waals surface area contributed by atoms with Gasteiger partial charge in [0.15, 0.2) is 4.80 Å². The van der Waals surface area contributed by atoms with Gasteiger partial charge in [0, 0.05) is 4.88 Å². The highest BCUT2D eigenvalue weighted by Gasteiger charge is 2.33. The fourth-order valence-electron chi connectivity index (χ4n) is 3.40. The lowest BCUT2D eigenvalue weighted by atomic mass is 9.96. The Balaban J connectivity index is 1.95. The van der Waals surface area contributed by atoms with Gasteiger partial charge in [-0.15, -0.1) is 11.3 Å². The van der Waals surface area contributed by atoms with E-state index in [0.717, 1.165) is 10.4 Å². The molecule has 6 nitrogen and oxygen atoms in total. The van der Waals surface area contributed by atoms with Crippen LogP contribution in [0.2, 0.25) is 0 Å². The summed E-state index contributed by atoms with van der Waals surface area (Å²) in [5, 5.41) is 1.96. The van der Waals surface area contributed by atoms with Crippen LogP contribution in [0.1, 0.15) is 30.3 Å². The largest absolute Gasteiger partial charge is 0.497 e. The molecule has 1 aliphatic rings. The summed E-state index contributed by atoms with van der Waals surface area (Å²) < 4.78 is 12.7.